The summed E-state index contributed by atoms with van der Waals surface area (Å²) in [6.45, 7) is 6.14. The van der Waals surface area contributed by atoms with E-state index in [1.807, 2.05) is 13.8 Å². The molecule has 0 spiro atoms. The molecular formula is C12H18N2O3. The predicted octanol–water partition coefficient (Wildman–Crippen LogP) is 1.59. The van der Waals surface area contributed by atoms with E-state index in [1.54, 1.807) is 0 Å². The molecule has 0 bridgehead atoms. The number of nitrogens with zero attached hydrogens (tertiary/aromatic N) is 2. The van der Waals surface area contributed by atoms with Crippen LogP contribution in [0.1, 0.15) is 29.9 Å². The molecule has 94 valence electrons. The SMILES string of the molecule is Cc1noc(C)c1CN1CCC[C@H](C(=O)O)C1. The van der Waals surface area contributed by atoms with E-state index in [0.717, 1.165) is 42.9 Å². The minimum Gasteiger partial charge on any atom is -0.481 e. The van der Waals surface area contributed by atoms with E-state index in [9.17, 15) is 4.79 Å². The molecule has 1 fully saturated rings. The maximum absolute atomic E-state index is 11.0. The molecular weight excluding hydrogens is 220 g/mol. The fourth-order valence-corrected chi connectivity index (χ4v) is 2.35. The van der Waals surface area contributed by atoms with E-state index in [1.165, 1.54) is 0 Å². The zero-order chi connectivity index (χ0) is 12.4. The van der Waals surface area contributed by atoms with Gasteiger partial charge in [0.1, 0.15) is 5.76 Å². The van der Waals surface area contributed by atoms with E-state index in [0.29, 0.717) is 6.54 Å². The van der Waals surface area contributed by atoms with Crippen molar-refractivity contribution in [3.8, 4) is 0 Å². The fourth-order valence-electron chi connectivity index (χ4n) is 2.35. The van der Waals surface area contributed by atoms with Gasteiger partial charge in [0.2, 0.25) is 0 Å². The lowest BCUT2D eigenvalue weighted by Gasteiger charge is -2.30. The number of carboxylic acids is 1. The average molecular weight is 238 g/mol. The summed E-state index contributed by atoms with van der Waals surface area (Å²) < 4.78 is 5.12. The minimum atomic E-state index is -0.687. The third kappa shape index (κ3) is 2.66. The molecule has 0 aliphatic carbocycles. The van der Waals surface area contributed by atoms with Crippen molar-refractivity contribution >= 4 is 5.97 Å². The number of aromatic nitrogens is 1. The Morgan fingerprint density at radius 3 is 2.94 bits per heavy atom. The number of likely N-dealkylation sites (tertiary alicyclic amines) is 1. The van der Waals surface area contributed by atoms with E-state index >= 15 is 0 Å². The summed E-state index contributed by atoms with van der Waals surface area (Å²) in [4.78, 5) is 13.2. The van der Waals surface area contributed by atoms with E-state index in [4.69, 9.17) is 9.63 Å². The number of hydrogen-bond donors (Lipinski definition) is 1. The number of rotatable bonds is 3. The second-order valence-corrected chi connectivity index (χ2v) is 4.72. The van der Waals surface area contributed by atoms with Crippen LogP contribution >= 0.6 is 0 Å². The van der Waals surface area contributed by atoms with Crippen LogP contribution in [0.15, 0.2) is 4.52 Å². The van der Waals surface area contributed by atoms with Gasteiger partial charge in [-0.1, -0.05) is 5.16 Å². The lowest BCUT2D eigenvalue weighted by Crippen LogP contribution is -2.38. The van der Waals surface area contributed by atoms with Crippen molar-refractivity contribution in [1.82, 2.24) is 10.1 Å². The molecule has 0 amide bonds. The van der Waals surface area contributed by atoms with Crippen LogP contribution < -0.4 is 0 Å². The van der Waals surface area contributed by atoms with E-state index in [2.05, 4.69) is 10.1 Å². The second-order valence-electron chi connectivity index (χ2n) is 4.72. The van der Waals surface area contributed by atoms with Gasteiger partial charge >= 0.3 is 5.97 Å². The quantitative estimate of drug-likeness (QED) is 0.866. The Morgan fingerprint density at radius 2 is 2.35 bits per heavy atom. The van der Waals surface area contributed by atoms with Gasteiger partial charge in [0, 0.05) is 18.7 Å². The maximum atomic E-state index is 11.0. The highest BCUT2D eigenvalue weighted by Crippen LogP contribution is 2.21. The summed E-state index contributed by atoms with van der Waals surface area (Å²) >= 11 is 0. The van der Waals surface area contributed by atoms with Crippen molar-refractivity contribution in [2.45, 2.75) is 33.2 Å². The van der Waals surface area contributed by atoms with E-state index < -0.39 is 5.97 Å². The summed E-state index contributed by atoms with van der Waals surface area (Å²) in [6.07, 6.45) is 1.73. The van der Waals surface area contributed by atoms with Crippen LogP contribution in [0, 0.1) is 19.8 Å². The molecule has 5 nitrogen and oxygen atoms in total. The Kier molecular flexibility index (Phi) is 3.47. The molecule has 2 heterocycles. The molecule has 0 aromatic carbocycles. The number of hydrogen-bond acceptors (Lipinski definition) is 4. The molecule has 2 rings (SSSR count). The molecule has 1 N–H and O–H groups in total. The molecule has 1 aliphatic rings. The van der Waals surface area contributed by atoms with Crippen molar-refractivity contribution < 1.29 is 14.4 Å². The lowest BCUT2D eigenvalue weighted by molar-refractivity contribution is -0.143. The lowest BCUT2D eigenvalue weighted by atomic mass is 9.98. The van der Waals surface area contributed by atoms with Crippen molar-refractivity contribution in [2.75, 3.05) is 13.1 Å². The molecule has 1 atom stereocenters. The fraction of sp³-hybridized carbons (Fsp3) is 0.667. The molecule has 1 aliphatic heterocycles. The Labute approximate surface area is 100 Å². The molecule has 5 heteroatoms. The summed E-state index contributed by atoms with van der Waals surface area (Å²) in [5, 5.41) is 13.0. The van der Waals surface area contributed by atoms with Crippen molar-refractivity contribution in [3.63, 3.8) is 0 Å². The van der Waals surface area contributed by atoms with Gasteiger partial charge in [-0.2, -0.15) is 0 Å². The van der Waals surface area contributed by atoms with Gasteiger partial charge in [-0.25, -0.2) is 0 Å². The summed E-state index contributed by atoms with van der Waals surface area (Å²) in [7, 11) is 0. The molecule has 1 aromatic heterocycles. The zero-order valence-electron chi connectivity index (χ0n) is 10.3. The van der Waals surface area contributed by atoms with Gasteiger partial charge in [0.25, 0.3) is 0 Å². The number of carbonyl (C=O) groups is 1. The first-order chi connectivity index (χ1) is 8.08. The Morgan fingerprint density at radius 1 is 1.59 bits per heavy atom. The van der Waals surface area contributed by atoms with Gasteiger partial charge in [-0.05, 0) is 33.2 Å². The van der Waals surface area contributed by atoms with Gasteiger partial charge < -0.3 is 9.63 Å². The smallest absolute Gasteiger partial charge is 0.307 e. The molecule has 0 radical (unpaired) electrons. The number of piperidine rings is 1. The molecule has 1 aromatic rings. The zero-order valence-corrected chi connectivity index (χ0v) is 10.3. The van der Waals surface area contributed by atoms with Crippen LogP contribution in [0.2, 0.25) is 0 Å². The van der Waals surface area contributed by atoms with Crippen LogP contribution in [0.3, 0.4) is 0 Å². The van der Waals surface area contributed by atoms with Gasteiger partial charge in [-0.3, -0.25) is 9.69 Å². The van der Waals surface area contributed by atoms with Crippen molar-refractivity contribution in [3.05, 3.63) is 17.0 Å². The van der Waals surface area contributed by atoms with Crippen LogP contribution in [0.5, 0.6) is 0 Å². The Hall–Kier alpha value is -1.36. The third-order valence-corrected chi connectivity index (χ3v) is 3.42. The average Bonchev–Trinajstić information content (AvgIpc) is 2.61. The Balaban J connectivity index is 2.02. The topological polar surface area (TPSA) is 66.6 Å². The summed E-state index contributed by atoms with van der Waals surface area (Å²) in [5.74, 6) is -0.0855. The largest absolute Gasteiger partial charge is 0.481 e. The second kappa shape index (κ2) is 4.87. The molecule has 1 saturated heterocycles. The molecule has 17 heavy (non-hydrogen) atoms. The normalized spacial score (nSPS) is 21.6. The maximum Gasteiger partial charge on any atom is 0.307 e. The first-order valence-electron chi connectivity index (χ1n) is 5.95. The van der Waals surface area contributed by atoms with Crippen LogP contribution in [-0.4, -0.2) is 34.2 Å². The highest BCUT2D eigenvalue weighted by atomic mass is 16.5. The van der Waals surface area contributed by atoms with E-state index in [-0.39, 0.29) is 5.92 Å². The van der Waals surface area contributed by atoms with Gasteiger partial charge in [0.15, 0.2) is 0 Å². The van der Waals surface area contributed by atoms with Gasteiger partial charge in [-0.15, -0.1) is 0 Å². The Bertz CT molecular complexity index is 394. The van der Waals surface area contributed by atoms with Crippen LogP contribution in [-0.2, 0) is 11.3 Å². The molecule has 0 unspecified atom stereocenters. The summed E-state index contributed by atoms with van der Waals surface area (Å²) in [6, 6.07) is 0. The first kappa shape index (κ1) is 12.1. The van der Waals surface area contributed by atoms with Crippen LogP contribution in [0.25, 0.3) is 0 Å². The number of aliphatic carboxylic acids is 1. The predicted molar refractivity (Wildman–Crippen MR) is 61.6 cm³/mol. The standard InChI is InChI=1S/C12H18N2O3/c1-8-11(9(2)17-13-8)7-14-5-3-4-10(6-14)12(15)16/h10H,3-7H2,1-2H3,(H,15,16)/t10-/m0/s1. The monoisotopic (exact) mass is 238 g/mol. The van der Waals surface area contributed by atoms with Crippen molar-refractivity contribution in [1.29, 1.82) is 0 Å². The molecule has 0 saturated carbocycles. The highest BCUT2D eigenvalue weighted by Gasteiger charge is 2.26. The first-order valence-corrected chi connectivity index (χ1v) is 5.95. The summed E-state index contributed by atoms with van der Waals surface area (Å²) in [5.41, 5.74) is 2.00. The van der Waals surface area contributed by atoms with Crippen molar-refractivity contribution in [2.24, 2.45) is 5.92 Å². The van der Waals surface area contributed by atoms with Crippen LogP contribution in [0.4, 0.5) is 0 Å². The number of carboxylic acid groups (broad SMARTS) is 1. The highest BCUT2D eigenvalue weighted by molar-refractivity contribution is 5.70. The minimum absolute atomic E-state index is 0.232. The number of aryl methyl sites for hydroxylation is 2. The van der Waals surface area contributed by atoms with Gasteiger partial charge in [0.05, 0.1) is 11.6 Å². The third-order valence-electron chi connectivity index (χ3n) is 3.42.